The Bertz CT molecular complexity index is 1240. The number of carbonyl (C=O) groups excluding carboxylic acids is 3. The second-order valence-electron chi connectivity index (χ2n) is 8.39. The predicted molar refractivity (Wildman–Crippen MR) is 130 cm³/mol. The Labute approximate surface area is 207 Å². The van der Waals surface area contributed by atoms with Crippen LogP contribution in [-0.4, -0.2) is 45.0 Å². The molecule has 0 saturated carbocycles. The van der Waals surface area contributed by atoms with Crippen molar-refractivity contribution < 1.29 is 23.8 Å². The Kier molecular flexibility index (Phi) is 6.41. The molecule has 1 fully saturated rings. The van der Waals surface area contributed by atoms with Gasteiger partial charge in [0.25, 0.3) is 5.91 Å². The second kappa shape index (κ2) is 9.79. The van der Waals surface area contributed by atoms with Gasteiger partial charge in [0.05, 0.1) is 6.20 Å². The lowest BCUT2D eigenvalue weighted by atomic mass is 10.0. The number of carbonyl (C=O) groups is 3. The van der Waals surface area contributed by atoms with Crippen LogP contribution in [0, 0.1) is 0 Å². The number of thioether (sulfide) groups is 1. The molecule has 0 unspecified atom stereocenters. The van der Waals surface area contributed by atoms with E-state index in [0.29, 0.717) is 18.7 Å². The van der Waals surface area contributed by atoms with Crippen LogP contribution in [0.5, 0.6) is 0 Å². The van der Waals surface area contributed by atoms with Crippen molar-refractivity contribution in [3.8, 4) is 0 Å². The van der Waals surface area contributed by atoms with Crippen LogP contribution in [0.1, 0.15) is 17.2 Å². The van der Waals surface area contributed by atoms with E-state index in [1.165, 1.54) is 16.7 Å². The van der Waals surface area contributed by atoms with Crippen molar-refractivity contribution in [3.05, 3.63) is 102 Å². The molecule has 1 aromatic heterocycles. The highest BCUT2D eigenvalue weighted by molar-refractivity contribution is 8.00. The van der Waals surface area contributed by atoms with E-state index in [0.717, 1.165) is 16.7 Å². The summed E-state index contributed by atoms with van der Waals surface area (Å²) in [7, 11) is 1.91. The van der Waals surface area contributed by atoms with Crippen LogP contribution in [0.3, 0.4) is 0 Å². The number of nitrogens with one attached hydrogen (secondary N) is 1. The molecule has 178 valence electrons. The van der Waals surface area contributed by atoms with Gasteiger partial charge in [0, 0.05) is 11.8 Å². The van der Waals surface area contributed by atoms with Crippen molar-refractivity contribution in [1.82, 2.24) is 14.9 Å². The third kappa shape index (κ3) is 4.35. The fourth-order valence-corrected chi connectivity index (χ4v) is 5.79. The number of esters is 1. The molecule has 0 aliphatic carbocycles. The molecule has 35 heavy (non-hydrogen) atoms. The number of hydrogen-bond acceptors (Lipinski definition) is 5. The van der Waals surface area contributed by atoms with Crippen molar-refractivity contribution in [1.29, 1.82) is 0 Å². The number of hydrogen-bond donors (Lipinski definition) is 1. The first kappa shape index (κ1) is 22.9. The van der Waals surface area contributed by atoms with Crippen molar-refractivity contribution in [2.75, 3.05) is 5.75 Å². The van der Waals surface area contributed by atoms with Crippen LogP contribution in [0.4, 0.5) is 0 Å². The number of aryl methyl sites for hydroxylation is 1. The number of rotatable bonds is 8. The Hall–Kier alpha value is -3.85. The van der Waals surface area contributed by atoms with Gasteiger partial charge in [-0.3, -0.25) is 14.5 Å². The van der Waals surface area contributed by atoms with Crippen LogP contribution in [0.15, 0.2) is 90.4 Å². The lowest BCUT2D eigenvalue weighted by Gasteiger charge is -2.49. The molecule has 5 rings (SSSR count). The third-order valence-corrected chi connectivity index (χ3v) is 7.58. The summed E-state index contributed by atoms with van der Waals surface area (Å²) in [6.45, 7) is 0.435. The number of nitrogens with zero attached hydrogens (tertiary/aromatic N) is 3. The van der Waals surface area contributed by atoms with Crippen LogP contribution in [0.2, 0.25) is 0 Å². The number of fused-ring (bicyclic) bond motifs is 1. The first-order chi connectivity index (χ1) is 17.1. The largest absolute Gasteiger partial charge is 0.448 e. The highest BCUT2D eigenvalue weighted by atomic mass is 32.2. The number of ether oxygens (including phenoxy) is 1. The molecule has 2 aromatic carbocycles. The first-order valence-corrected chi connectivity index (χ1v) is 12.3. The maximum absolute atomic E-state index is 13.8. The van der Waals surface area contributed by atoms with E-state index in [2.05, 4.69) is 5.32 Å². The van der Waals surface area contributed by atoms with Crippen molar-refractivity contribution in [2.45, 2.75) is 24.1 Å². The Morgan fingerprint density at radius 2 is 1.80 bits per heavy atom. The monoisotopic (exact) mass is 489 g/mol. The zero-order valence-corrected chi connectivity index (χ0v) is 19.9. The summed E-state index contributed by atoms with van der Waals surface area (Å²) in [5.41, 5.74) is 2.72. The molecule has 3 heterocycles. The molecule has 0 bridgehead atoms. The second-order valence-corrected chi connectivity index (χ2v) is 9.50. The van der Waals surface area contributed by atoms with E-state index >= 15 is 0 Å². The molecular weight excluding hydrogens is 464 g/mol. The summed E-state index contributed by atoms with van der Waals surface area (Å²) >= 11 is 1.53. The van der Waals surface area contributed by atoms with Gasteiger partial charge in [0.1, 0.15) is 23.7 Å². The molecule has 2 aliphatic rings. The average Bonchev–Trinajstić information content (AvgIpc) is 3.30. The summed E-state index contributed by atoms with van der Waals surface area (Å²) in [5.74, 6) is -0.336. The summed E-state index contributed by atoms with van der Waals surface area (Å²) in [5, 5.41) is 2.23. The topological polar surface area (TPSA) is 84.5 Å². The highest BCUT2D eigenvalue weighted by Crippen LogP contribution is 2.41. The number of benzene rings is 2. The van der Waals surface area contributed by atoms with Gasteiger partial charge in [0.2, 0.25) is 6.41 Å². The van der Waals surface area contributed by atoms with Crippen LogP contribution >= 0.6 is 11.8 Å². The van der Waals surface area contributed by atoms with Gasteiger partial charge in [-0.05, 0) is 16.7 Å². The lowest BCUT2D eigenvalue weighted by molar-refractivity contribution is -0.752. The first-order valence-electron chi connectivity index (χ1n) is 11.3. The summed E-state index contributed by atoms with van der Waals surface area (Å²) in [4.78, 5) is 39.3. The molecule has 2 amide bonds. The van der Waals surface area contributed by atoms with Crippen LogP contribution in [-0.2, 0) is 32.7 Å². The summed E-state index contributed by atoms with van der Waals surface area (Å²) in [6, 6.07) is 20.3. The van der Waals surface area contributed by atoms with Gasteiger partial charge in [-0.2, -0.15) is 4.68 Å². The number of amides is 2. The molecule has 2 atom stereocenters. The van der Waals surface area contributed by atoms with Crippen LogP contribution in [0.25, 0.3) is 0 Å². The number of β-lactam (4-membered cyclic amide) rings is 1. The Morgan fingerprint density at radius 3 is 2.37 bits per heavy atom. The van der Waals surface area contributed by atoms with Crippen molar-refractivity contribution in [3.63, 3.8) is 0 Å². The van der Waals surface area contributed by atoms with Gasteiger partial charge in [-0.1, -0.05) is 60.7 Å². The number of aromatic nitrogens is 2. The third-order valence-electron chi connectivity index (χ3n) is 6.24. The molecule has 3 aromatic rings. The molecule has 2 aliphatic heterocycles. The fourth-order valence-electron chi connectivity index (χ4n) is 4.45. The molecule has 1 N–H and O–H groups in total. The quantitative estimate of drug-likeness (QED) is 0.226. The summed E-state index contributed by atoms with van der Waals surface area (Å²) in [6.07, 6.45) is 3.72. The maximum atomic E-state index is 13.8. The highest BCUT2D eigenvalue weighted by Gasteiger charge is 2.54. The molecular formula is C26H25N4O4S+. The average molecular weight is 490 g/mol. The zero-order valence-electron chi connectivity index (χ0n) is 19.1. The van der Waals surface area contributed by atoms with Gasteiger partial charge in [-0.25, -0.2) is 4.79 Å². The van der Waals surface area contributed by atoms with E-state index in [-0.39, 0.29) is 17.0 Å². The van der Waals surface area contributed by atoms with E-state index in [1.54, 1.807) is 0 Å². The van der Waals surface area contributed by atoms with E-state index in [4.69, 9.17) is 4.74 Å². The standard InChI is InChI=1S/C26H24N4O4S/c1-28-13-8-14-29(28)15-20-16-35-25-21(27-17-31)24(32)30(25)22(20)26(33)34-23(18-9-4-2-5-10-18)19-11-6-3-7-12-19/h2-14,17,21,23,25H,15-16H2,1H3/p+1/t21-,25-/m1/s1. The van der Waals surface area contributed by atoms with E-state index in [9.17, 15) is 14.4 Å². The smallest absolute Gasteiger partial charge is 0.356 e. The Balaban J connectivity index is 1.52. The minimum Gasteiger partial charge on any atom is -0.448 e. The van der Waals surface area contributed by atoms with Gasteiger partial charge < -0.3 is 10.1 Å². The molecule has 8 nitrogen and oxygen atoms in total. The maximum Gasteiger partial charge on any atom is 0.356 e. The SMILES string of the molecule is C[n+]1cccn1CC1=C(C(=O)OC(c2ccccc2)c2ccccc2)N2C(=O)[C@@H](NC=O)[C@H]2SC1. The van der Waals surface area contributed by atoms with Crippen LogP contribution < -0.4 is 10.00 Å². The zero-order chi connectivity index (χ0) is 24.4. The molecule has 0 spiro atoms. The molecule has 9 heteroatoms. The summed E-state index contributed by atoms with van der Waals surface area (Å²) < 4.78 is 10.0. The van der Waals surface area contributed by atoms with Gasteiger partial charge in [0.15, 0.2) is 19.3 Å². The van der Waals surface area contributed by atoms with Gasteiger partial charge >= 0.3 is 5.97 Å². The molecule has 0 radical (unpaired) electrons. The molecule has 1 saturated heterocycles. The van der Waals surface area contributed by atoms with Crippen molar-refractivity contribution >= 4 is 30.0 Å². The van der Waals surface area contributed by atoms with E-state index in [1.807, 2.05) is 95.5 Å². The van der Waals surface area contributed by atoms with Crippen molar-refractivity contribution in [2.24, 2.45) is 7.05 Å². The minimum atomic E-state index is -0.649. The Morgan fingerprint density at radius 1 is 1.14 bits per heavy atom. The lowest BCUT2D eigenvalue weighted by Crippen LogP contribution is -2.69. The minimum absolute atomic E-state index is 0.258. The van der Waals surface area contributed by atoms with Gasteiger partial charge in [-0.15, -0.1) is 16.4 Å². The normalized spacial score (nSPS) is 19.3. The van der Waals surface area contributed by atoms with E-state index < -0.39 is 18.1 Å². The fraction of sp³-hybridized carbons (Fsp3) is 0.231. The predicted octanol–water partition coefficient (Wildman–Crippen LogP) is 1.93.